The minimum Gasteiger partial charge on any atom is -0.489 e. The van der Waals surface area contributed by atoms with Gasteiger partial charge < -0.3 is 13.9 Å². The van der Waals surface area contributed by atoms with Crippen molar-refractivity contribution in [2.24, 2.45) is 0 Å². The summed E-state index contributed by atoms with van der Waals surface area (Å²) < 4.78 is 15.8. The molecule has 0 aliphatic carbocycles. The average Bonchev–Trinajstić information content (AvgIpc) is 2.90. The van der Waals surface area contributed by atoms with Crippen LogP contribution in [-0.4, -0.2) is 37.1 Å². The first-order chi connectivity index (χ1) is 11.0. The molecule has 0 saturated heterocycles. The number of para-hydroxylation sites is 1. The summed E-state index contributed by atoms with van der Waals surface area (Å²) >= 11 is 0. The normalized spacial score (nSPS) is 13.3. The summed E-state index contributed by atoms with van der Waals surface area (Å²) in [4.78, 5) is 30.3. The molecule has 1 aliphatic heterocycles. The van der Waals surface area contributed by atoms with Crippen LogP contribution in [0.3, 0.4) is 0 Å². The van der Waals surface area contributed by atoms with E-state index >= 15 is 0 Å². The number of methoxy groups -OCH3 is 1. The zero-order valence-electron chi connectivity index (χ0n) is 13.1. The van der Waals surface area contributed by atoms with Gasteiger partial charge in [0.25, 0.3) is 5.91 Å². The Morgan fingerprint density at radius 1 is 1.30 bits per heavy atom. The molecule has 0 bridgehead atoms. The standard InChI is InChI=1S/C16H16N2O5/c1-9-13(23-10(2)17-9)15(19)18-7-8-22-14-11(16(20)21-3)5-4-6-12(14)18/h4-6H,7-8H2,1-3H3. The maximum atomic E-state index is 12.8. The number of esters is 1. The highest BCUT2D eigenvalue weighted by molar-refractivity contribution is 6.07. The fraction of sp³-hybridized carbons (Fsp3) is 0.312. The number of hydrogen-bond donors (Lipinski definition) is 0. The predicted octanol–water partition coefficient (Wildman–Crippen LogP) is 2.12. The number of ether oxygens (including phenoxy) is 2. The molecule has 0 radical (unpaired) electrons. The molecule has 0 fully saturated rings. The van der Waals surface area contributed by atoms with Crippen molar-refractivity contribution in [1.29, 1.82) is 0 Å². The van der Waals surface area contributed by atoms with E-state index < -0.39 is 5.97 Å². The van der Waals surface area contributed by atoms with Gasteiger partial charge in [-0.15, -0.1) is 0 Å². The number of hydrogen-bond acceptors (Lipinski definition) is 6. The second-order valence-electron chi connectivity index (χ2n) is 5.10. The summed E-state index contributed by atoms with van der Waals surface area (Å²) in [6.07, 6.45) is 0. The summed E-state index contributed by atoms with van der Waals surface area (Å²) in [6.45, 7) is 4.04. The number of anilines is 1. The zero-order valence-corrected chi connectivity index (χ0v) is 13.1. The van der Waals surface area contributed by atoms with Crippen LogP contribution in [0.5, 0.6) is 5.75 Å². The van der Waals surface area contributed by atoms with E-state index in [9.17, 15) is 9.59 Å². The molecule has 1 aromatic carbocycles. The van der Waals surface area contributed by atoms with Gasteiger partial charge in [-0.3, -0.25) is 9.69 Å². The smallest absolute Gasteiger partial charge is 0.341 e. The molecular weight excluding hydrogens is 300 g/mol. The highest BCUT2D eigenvalue weighted by atomic mass is 16.5. The lowest BCUT2D eigenvalue weighted by Crippen LogP contribution is -2.38. The second-order valence-corrected chi connectivity index (χ2v) is 5.10. The van der Waals surface area contributed by atoms with Crippen molar-refractivity contribution in [1.82, 2.24) is 4.98 Å². The van der Waals surface area contributed by atoms with Gasteiger partial charge in [-0.05, 0) is 19.1 Å². The Bertz CT molecular complexity index is 781. The van der Waals surface area contributed by atoms with Gasteiger partial charge in [0.05, 0.1) is 25.0 Å². The monoisotopic (exact) mass is 316 g/mol. The van der Waals surface area contributed by atoms with E-state index in [0.29, 0.717) is 29.6 Å². The molecule has 0 unspecified atom stereocenters. The second kappa shape index (κ2) is 5.75. The Kier molecular flexibility index (Phi) is 3.77. The van der Waals surface area contributed by atoms with Crippen molar-refractivity contribution >= 4 is 17.6 Å². The van der Waals surface area contributed by atoms with Crippen LogP contribution in [0.4, 0.5) is 5.69 Å². The fourth-order valence-corrected chi connectivity index (χ4v) is 2.58. The first-order valence-corrected chi connectivity index (χ1v) is 7.13. The van der Waals surface area contributed by atoms with E-state index in [1.807, 2.05) is 0 Å². The molecule has 0 N–H and O–H groups in total. The first-order valence-electron chi connectivity index (χ1n) is 7.13. The highest BCUT2D eigenvalue weighted by Gasteiger charge is 2.31. The first kappa shape index (κ1) is 15.1. The Hall–Kier alpha value is -2.83. The lowest BCUT2D eigenvalue weighted by Gasteiger charge is -2.29. The van der Waals surface area contributed by atoms with Gasteiger partial charge in [0.15, 0.2) is 11.6 Å². The van der Waals surface area contributed by atoms with E-state index in [4.69, 9.17) is 13.9 Å². The minimum absolute atomic E-state index is 0.193. The van der Waals surface area contributed by atoms with Crippen molar-refractivity contribution in [3.63, 3.8) is 0 Å². The van der Waals surface area contributed by atoms with Crippen LogP contribution >= 0.6 is 0 Å². The van der Waals surface area contributed by atoms with Crippen molar-refractivity contribution < 1.29 is 23.5 Å². The fourth-order valence-electron chi connectivity index (χ4n) is 2.58. The van der Waals surface area contributed by atoms with Gasteiger partial charge >= 0.3 is 5.97 Å². The molecule has 1 aliphatic rings. The van der Waals surface area contributed by atoms with E-state index in [-0.39, 0.29) is 23.8 Å². The van der Waals surface area contributed by atoms with Crippen LogP contribution in [0.1, 0.15) is 32.5 Å². The Labute approximate surface area is 132 Å². The number of nitrogens with zero attached hydrogens (tertiary/aromatic N) is 2. The number of benzene rings is 1. The van der Waals surface area contributed by atoms with Crippen LogP contribution in [0.25, 0.3) is 0 Å². The molecule has 0 spiro atoms. The summed E-state index contributed by atoms with van der Waals surface area (Å²) in [6, 6.07) is 5.00. The molecule has 23 heavy (non-hydrogen) atoms. The lowest BCUT2D eigenvalue weighted by molar-refractivity contribution is 0.0595. The van der Waals surface area contributed by atoms with Gasteiger partial charge in [0.1, 0.15) is 12.2 Å². The number of carbonyl (C=O) groups excluding carboxylic acids is 2. The number of oxazole rings is 1. The molecule has 3 rings (SSSR count). The summed E-state index contributed by atoms with van der Waals surface area (Å²) in [5.41, 5.74) is 1.33. The molecule has 120 valence electrons. The Morgan fingerprint density at radius 2 is 2.09 bits per heavy atom. The topological polar surface area (TPSA) is 81.9 Å². The van der Waals surface area contributed by atoms with Crippen LogP contribution in [0.15, 0.2) is 22.6 Å². The van der Waals surface area contributed by atoms with Crippen LogP contribution in [-0.2, 0) is 4.74 Å². The average molecular weight is 316 g/mol. The third-order valence-corrected chi connectivity index (χ3v) is 3.59. The van der Waals surface area contributed by atoms with E-state index in [1.54, 1.807) is 32.0 Å². The predicted molar refractivity (Wildman–Crippen MR) is 80.9 cm³/mol. The molecule has 1 aromatic heterocycles. The molecule has 0 saturated carbocycles. The number of aryl methyl sites for hydroxylation is 2. The third-order valence-electron chi connectivity index (χ3n) is 3.59. The van der Waals surface area contributed by atoms with Crippen molar-refractivity contribution in [2.45, 2.75) is 13.8 Å². The maximum absolute atomic E-state index is 12.8. The quantitative estimate of drug-likeness (QED) is 0.789. The van der Waals surface area contributed by atoms with E-state index in [1.165, 1.54) is 12.0 Å². The number of aromatic nitrogens is 1. The maximum Gasteiger partial charge on any atom is 0.341 e. The molecule has 7 nitrogen and oxygen atoms in total. The Balaban J connectivity index is 2.04. The summed E-state index contributed by atoms with van der Waals surface area (Å²) in [5, 5.41) is 0. The van der Waals surface area contributed by atoms with E-state index in [0.717, 1.165) is 0 Å². The number of carbonyl (C=O) groups is 2. The summed E-state index contributed by atoms with van der Waals surface area (Å²) in [5.74, 6) is 0.145. The van der Waals surface area contributed by atoms with Crippen molar-refractivity contribution in [3.8, 4) is 5.75 Å². The molecular formula is C16H16N2O5. The van der Waals surface area contributed by atoms with Crippen molar-refractivity contribution in [2.75, 3.05) is 25.2 Å². The number of fused-ring (bicyclic) bond motifs is 1. The van der Waals surface area contributed by atoms with Gasteiger partial charge in [-0.2, -0.15) is 0 Å². The molecule has 1 amide bonds. The minimum atomic E-state index is -0.511. The third kappa shape index (κ3) is 2.54. The SMILES string of the molecule is COC(=O)c1cccc2c1OCCN2C(=O)c1oc(C)nc1C. The molecule has 2 aromatic rings. The number of amides is 1. The summed E-state index contributed by atoms with van der Waals surface area (Å²) in [7, 11) is 1.30. The van der Waals surface area contributed by atoms with Crippen LogP contribution in [0, 0.1) is 13.8 Å². The van der Waals surface area contributed by atoms with E-state index in [2.05, 4.69) is 4.98 Å². The van der Waals surface area contributed by atoms with Crippen LogP contribution in [0.2, 0.25) is 0 Å². The zero-order chi connectivity index (χ0) is 16.6. The number of rotatable bonds is 2. The van der Waals surface area contributed by atoms with Crippen molar-refractivity contribution in [3.05, 3.63) is 41.1 Å². The van der Waals surface area contributed by atoms with Gasteiger partial charge in [0.2, 0.25) is 5.76 Å². The largest absolute Gasteiger partial charge is 0.489 e. The molecule has 0 atom stereocenters. The molecule has 7 heteroatoms. The highest BCUT2D eigenvalue weighted by Crippen LogP contribution is 2.36. The van der Waals surface area contributed by atoms with Gasteiger partial charge in [-0.1, -0.05) is 6.07 Å². The lowest BCUT2D eigenvalue weighted by atomic mass is 10.1. The molecule has 2 heterocycles. The van der Waals surface area contributed by atoms with Crippen LogP contribution < -0.4 is 9.64 Å². The van der Waals surface area contributed by atoms with Gasteiger partial charge in [0, 0.05) is 6.92 Å². The van der Waals surface area contributed by atoms with Gasteiger partial charge in [-0.25, -0.2) is 9.78 Å². The Morgan fingerprint density at radius 3 is 2.74 bits per heavy atom.